The molecule has 9 aliphatic rings. The lowest BCUT2D eigenvalue weighted by molar-refractivity contribution is -0.985. The van der Waals surface area contributed by atoms with Crippen LogP contribution in [0.15, 0.2) is 281 Å². The van der Waals surface area contributed by atoms with Crippen molar-refractivity contribution in [2.45, 2.75) is 129 Å². The van der Waals surface area contributed by atoms with E-state index in [1.54, 1.807) is 57.7 Å². The Balaban J connectivity index is 0.000000202. The number of methoxy groups -OCH3 is 3. The molecule has 12 aromatic rings. The Morgan fingerprint density at radius 2 is 0.684 bits per heavy atom. The van der Waals surface area contributed by atoms with E-state index >= 15 is 0 Å². The fourth-order valence-corrected chi connectivity index (χ4v) is 22.8. The zero-order valence-electron chi connectivity index (χ0n) is 75.1. The Morgan fingerprint density at radius 1 is 0.368 bits per heavy atom. The number of aryl methyl sites for hydroxylation is 1. The summed E-state index contributed by atoms with van der Waals surface area (Å²) in [7, 11) is -1.23. The molecule has 15 unspecified atom stereocenters. The van der Waals surface area contributed by atoms with Crippen molar-refractivity contribution in [3.05, 3.63) is 337 Å². The summed E-state index contributed by atoms with van der Waals surface area (Å²) < 4.78 is 25.4. The lowest BCUT2D eigenvalue weighted by Crippen LogP contribution is -3.00. The summed E-state index contributed by atoms with van der Waals surface area (Å²) in [5, 5.41) is 119. The number of fused-ring (bicyclic) bond motifs is 12. The SMILES string of the molecule is C.C=CC1C[N+]2(Cc3ccc(C)cc3)CCC1CC2C(O)c1cc[n+](Cc2ccc(B(O)O)cc2)c2cc(OC)ccc12.C=CC1C[N+]2(Cc3ccccc3)CCC1CC2C(O)c1cc[n+](Cc2ccccc2B(O)O)c2cc(OC)ccc12.C=CC1C[N+]2(Cc3ccccc3B(O)O)CCC1CC2C(O)c1cc[n+](Cc2ccccc2B(O)O)c2cc(OC)ccc12.[Br-].[Br-].[Br-].[Br-].[Br-]. The highest BCUT2D eigenvalue weighted by molar-refractivity contribution is 6.60. The summed E-state index contributed by atoms with van der Waals surface area (Å²) in [6.45, 7) is 24.4. The zero-order valence-corrected chi connectivity index (χ0v) is 83.1. The molecule has 0 spiro atoms. The molecule has 9 aliphatic heterocycles. The van der Waals surface area contributed by atoms with Crippen LogP contribution in [0.25, 0.3) is 32.7 Å². The predicted octanol–water partition coefficient (Wildman–Crippen LogP) is -5.83. The van der Waals surface area contributed by atoms with Gasteiger partial charge in [-0.25, -0.2) is 0 Å². The molecule has 20 nitrogen and oxygen atoms in total. The lowest BCUT2D eigenvalue weighted by Gasteiger charge is -2.58. The summed E-state index contributed by atoms with van der Waals surface area (Å²) in [4.78, 5) is 0. The zero-order chi connectivity index (χ0) is 89.0. The molecular weight excluding hydrogens is 2000 g/mol. The van der Waals surface area contributed by atoms with Crippen molar-refractivity contribution in [1.29, 1.82) is 0 Å². The predicted molar refractivity (Wildman–Crippen MR) is 505 cm³/mol. The van der Waals surface area contributed by atoms with Gasteiger partial charge >= 0.3 is 28.5 Å². The number of hydrogen-bond donors (Lipinski definition) is 11. The van der Waals surface area contributed by atoms with Crippen LogP contribution in [0.2, 0.25) is 0 Å². The van der Waals surface area contributed by atoms with E-state index in [0.717, 1.165) is 177 Å². The van der Waals surface area contributed by atoms with Crippen molar-refractivity contribution in [3.8, 4) is 17.2 Å². The maximum Gasteiger partial charge on any atom is 0.488 e. The molecule has 9 saturated heterocycles. The number of hydrogen-bond acceptors (Lipinski definition) is 14. The molecule has 11 N–H and O–H groups in total. The minimum atomic E-state index is -1.58. The second-order valence-corrected chi connectivity index (χ2v) is 36.6. The van der Waals surface area contributed by atoms with Gasteiger partial charge in [0, 0.05) is 125 Å². The van der Waals surface area contributed by atoms with Gasteiger partial charge in [0.1, 0.15) is 73.3 Å². The van der Waals surface area contributed by atoms with Crippen LogP contribution in [0.4, 0.5) is 0 Å². The first-order chi connectivity index (χ1) is 61.5. The number of piperidine rings is 9. The first-order valence-corrected chi connectivity index (χ1v) is 44.8. The third-order valence-electron chi connectivity index (χ3n) is 29.6. The van der Waals surface area contributed by atoms with E-state index in [1.807, 2.05) is 138 Å². The largest absolute Gasteiger partial charge is 1.00 e. The van der Waals surface area contributed by atoms with Crippen LogP contribution in [0.3, 0.4) is 0 Å². The van der Waals surface area contributed by atoms with Gasteiger partial charge in [-0.15, -0.1) is 19.7 Å². The van der Waals surface area contributed by atoms with Crippen molar-refractivity contribution in [1.82, 2.24) is 0 Å². The van der Waals surface area contributed by atoms with E-state index in [1.165, 1.54) is 23.1 Å². The molecule has 700 valence electrons. The molecule has 21 rings (SSSR count). The van der Waals surface area contributed by atoms with Crippen molar-refractivity contribution in [3.63, 3.8) is 0 Å². The van der Waals surface area contributed by atoms with Gasteiger partial charge in [0.2, 0.25) is 16.6 Å². The number of aliphatic hydroxyl groups is 3. The Kier molecular flexibility index (Phi) is 37.7. The number of nitrogens with zero attached hydrogens (tertiary/aromatic N) is 6. The lowest BCUT2D eigenvalue weighted by atomic mass is 9.70. The number of aliphatic hydroxyl groups excluding tert-OH is 3. The molecule has 9 aromatic carbocycles. The number of rotatable bonds is 28. The van der Waals surface area contributed by atoms with Crippen LogP contribution in [-0.4, -0.2) is 176 Å². The van der Waals surface area contributed by atoms with E-state index in [4.69, 9.17) is 14.2 Å². The third kappa shape index (κ3) is 22.7. The normalized spacial score (nSPS) is 22.8. The Morgan fingerprint density at radius 3 is 1.03 bits per heavy atom. The molecule has 0 saturated carbocycles. The van der Waals surface area contributed by atoms with Crippen molar-refractivity contribution < 1.29 is 182 Å². The minimum Gasteiger partial charge on any atom is -1.00 e. The molecule has 12 heterocycles. The highest BCUT2D eigenvalue weighted by atomic mass is 79.9. The van der Waals surface area contributed by atoms with Crippen LogP contribution in [-0.2, 0) is 39.3 Å². The Hall–Kier alpha value is -8.07. The molecule has 3 aromatic heterocycles. The van der Waals surface area contributed by atoms with E-state index in [2.05, 4.69) is 127 Å². The smallest absolute Gasteiger partial charge is 0.488 e. The fraction of sp³-hybridized carbons (Fsp3) is 0.337. The quantitative estimate of drug-likeness (QED) is 0.00946. The number of pyridine rings is 3. The van der Waals surface area contributed by atoms with E-state index in [0.29, 0.717) is 93.8 Å². The third-order valence-corrected chi connectivity index (χ3v) is 29.6. The average Bonchev–Trinajstić information content (AvgIpc) is 0.733. The molecular formula is C104H124B4Br5N6O14+. The van der Waals surface area contributed by atoms with Crippen LogP contribution < -0.4 is 135 Å². The molecule has 0 aliphatic carbocycles. The molecule has 6 bridgehead atoms. The van der Waals surface area contributed by atoms with Crippen molar-refractivity contribution >= 4 is 83.0 Å². The first-order valence-electron chi connectivity index (χ1n) is 44.8. The van der Waals surface area contributed by atoms with Gasteiger partial charge in [0.15, 0.2) is 38.2 Å². The summed E-state index contributed by atoms with van der Waals surface area (Å²) in [6.07, 6.45) is 16.5. The van der Waals surface area contributed by atoms with Gasteiger partial charge in [-0.1, -0.05) is 183 Å². The van der Waals surface area contributed by atoms with E-state index in [9.17, 15) is 55.5 Å². The van der Waals surface area contributed by atoms with Crippen LogP contribution in [0, 0.1) is 42.4 Å². The second kappa shape index (κ2) is 46.9. The Labute approximate surface area is 836 Å². The number of quaternary nitrogens is 3. The second-order valence-electron chi connectivity index (χ2n) is 36.6. The number of halogens is 5. The number of aromatic nitrogens is 3. The average molecular weight is 2120 g/mol. The summed E-state index contributed by atoms with van der Waals surface area (Å²) in [5.41, 5.74) is 14.8. The molecule has 9 fully saturated rings. The highest BCUT2D eigenvalue weighted by Gasteiger charge is 2.58. The summed E-state index contributed by atoms with van der Waals surface area (Å²) in [5.74, 6) is 5.00. The van der Waals surface area contributed by atoms with E-state index < -0.39 is 46.8 Å². The van der Waals surface area contributed by atoms with Gasteiger partial charge in [0.25, 0.3) is 0 Å². The molecule has 15 atom stereocenters. The van der Waals surface area contributed by atoms with Gasteiger partial charge in [-0.3, -0.25) is 0 Å². The Bertz CT molecular complexity index is 5950. The van der Waals surface area contributed by atoms with Crippen LogP contribution in [0.1, 0.15) is 120 Å². The number of ether oxygens (including phenoxy) is 3. The van der Waals surface area contributed by atoms with Crippen molar-refractivity contribution in [2.24, 2.45) is 35.5 Å². The summed E-state index contributed by atoms with van der Waals surface area (Å²) >= 11 is 0. The van der Waals surface area contributed by atoms with Gasteiger partial charge in [0.05, 0.1) is 95.0 Å². The topological polar surface area (TPSA) is 262 Å². The molecule has 133 heavy (non-hydrogen) atoms. The standard InChI is InChI=1S/C35H41BN2O4.C34H40B2N2O6.C34H39BN2O4.CH4.5BrH/c1-4-27-23-38(22-26-7-5-24(2)6-8-26)18-16-28(27)19-34(38)35(39)32-15-17-37(33-20-30(42-3)13-14-31(32)33)21-25-9-11-29(12-10-25)36(40)41;1-3-23-21-38(22-26-9-5-7-11-31(26)36(42)43)17-15-24(23)18-33(38)34(39)29-14-16-37(32-19-27(44-2)12-13-28(29)32)20-25-8-4-6-10-30(25)35(40)41;1-3-25-23-37(22-24-9-5-4-6-10-24)18-16-26(25)19-33(37)34(38)30-15-17-36(32-20-28(41-2)13-14-29(30)32)21-27-11-7-8-12-31(27)35(39)40;;;;;;/h4-15,17,20,27-28,34-35,39-41H,1,16,18-19,21-23H2,2-3H3;3-14,16,19,23-24,33-34,39-43H,1,15,17-18,20-22H2,2H3;3-15,17,20,25-26,33-34,38-40H,1,16,18-19,21-23H2,2H3;1H4;5*1H/q3*+2;;;;;;/p-5. The first kappa shape index (κ1) is 107. The van der Waals surface area contributed by atoms with Crippen molar-refractivity contribution in [2.75, 3.05) is 60.6 Å². The molecule has 29 heteroatoms. The van der Waals surface area contributed by atoms with Crippen LogP contribution >= 0.6 is 0 Å². The van der Waals surface area contributed by atoms with Gasteiger partial charge in [-0.05, 0) is 82.9 Å². The summed E-state index contributed by atoms with van der Waals surface area (Å²) in [6, 6.07) is 73.0. The maximum atomic E-state index is 12.3. The fourth-order valence-electron chi connectivity index (χ4n) is 22.8. The monoisotopic (exact) mass is 2120 g/mol. The maximum absolute atomic E-state index is 12.3. The van der Waals surface area contributed by atoms with Gasteiger partial charge < -0.3 is 168 Å². The molecule has 0 amide bonds. The van der Waals surface area contributed by atoms with Crippen LogP contribution in [0.5, 0.6) is 17.2 Å². The minimum absolute atomic E-state index is 0. The highest BCUT2D eigenvalue weighted by Crippen LogP contribution is 2.52. The van der Waals surface area contributed by atoms with Gasteiger partial charge in [-0.2, -0.15) is 13.7 Å². The molecule has 0 radical (unpaired) electrons. The number of benzene rings is 9. The van der Waals surface area contributed by atoms with E-state index in [-0.39, 0.29) is 110 Å².